The van der Waals surface area contributed by atoms with Crippen molar-refractivity contribution in [3.63, 3.8) is 0 Å². The van der Waals surface area contributed by atoms with E-state index in [1.807, 2.05) is 0 Å². The first kappa shape index (κ1) is 13.9. The molecule has 0 amide bonds. The highest BCUT2D eigenvalue weighted by Crippen LogP contribution is 2.23. The fraction of sp³-hybridized carbons (Fsp3) is 0.368. The highest BCUT2D eigenvalue weighted by molar-refractivity contribution is 5.43. The van der Waals surface area contributed by atoms with Crippen molar-refractivity contribution in [3.05, 3.63) is 69.8 Å². The van der Waals surface area contributed by atoms with Gasteiger partial charge < -0.3 is 0 Å². The van der Waals surface area contributed by atoms with Crippen LogP contribution in [0, 0.1) is 13.8 Å². The van der Waals surface area contributed by atoms with Crippen LogP contribution in [0.5, 0.6) is 0 Å². The van der Waals surface area contributed by atoms with Crippen molar-refractivity contribution < 1.29 is 0 Å². The van der Waals surface area contributed by atoms with Crippen LogP contribution in [0.4, 0.5) is 0 Å². The Kier molecular flexibility index (Phi) is 4.42. The first-order valence-corrected chi connectivity index (χ1v) is 7.31. The topological polar surface area (TPSA) is 0 Å². The molecule has 19 heavy (non-hydrogen) atoms. The second-order valence-electron chi connectivity index (χ2n) is 5.37. The fourth-order valence-corrected chi connectivity index (χ4v) is 2.83. The van der Waals surface area contributed by atoms with E-state index in [2.05, 4.69) is 64.1 Å². The molecule has 0 unspecified atom stereocenters. The first-order valence-electron chi connectivity index (χ1n) is 7.31. The molecular weight excluding hydrogens is 228 g/mol. The lowest BCUT2D eigenvalue weighted by atomic mass is 9.89. The lowest BCUT2D eigenvalue weighted by molar-refractivity contribution is 0.988. The maximum absolute atomic E-state index is 2.35. The van der Waals surface area contributed by atoms with Gasteiger partial charge in [-0.25, -0.2) is 0 Å². The Bertz CT molecular complexity index is 539. The summed E-state index contributed by atoms with van der Waals surface area (Å²) in [4.78, 5) is 0. The average Bonchev–Trinajstić information content (AvgIpc) is 2.42. The smallest absolute Gasteiger partial charge is 0.00177 e. The van der Waals surface area contributed by atoms with E-state index in [4.69, 9.17) is 0 Å². The van der Waals surface area contributed by atoms with Crippen molar-refractivity contribution >= 4 is 0 Å². The van der Waals surface area contributed by atoms with Crippen LogP contribution in [-0.4, -0.2) is 0 Å². The molecule has 2 aromatic carbocycles. The Morgan fingerprint density at radius 3 is 1.89 bits per heavy atom. The van der Waals surface area contributed by atoms with Crippen LogP contribution < -0.4 is 0 Å². The standard InChI is InChI=1S/C19H24/c1-5-16-11-14(3)12-17(6-2)19(16)13-18-10-8-7-9-15(18)4/h7-12H,5-6,13H2,1-4H3. The first-order chi connectivity index (χ1) is 9.15. The average molecular weight is 252 g/mol. The van der Waals surface area contributed by atoms with Gasteiger partial charge in [-0.15, -0.1) is 0 Å². The Hall–Kier alpha value is -1.56. The molecule has 0 aliphatic rings. The molecule has 0 radical (unpaired) electrons. The molecule has 100 valence electrons. The summed E-state index contributed by atoms with van der Waals surface area (Å²) in [5.41, 5.74) is 8.82. The van der Waals surface area contributed by atoms with E-state index in [-0.39, 0.29) is 0 Å². The summed E-state index contributed by atoms with van der Waals surface area (Å²) in [6.07, 6.45) is 3.31. The molecule has 0 bridgehead atoms. The highest BCUT2D eigenvalue weighted by Gasteiger charge is 2.09. The zero-order chi connectivity index (χ0) is 13.8. The van der Waals surface area contributed by atoms with Crippen molar-refractivity contribution in [2.45, 2.75) is 47.0 Å². The van der Waals surface area contributed by atoms with Crippen molar-refractivity contribution in [1.29, 1.82) is 0 Å². The zero-order valence-corrected chi connectivity index (χ0v) is 12.6. The lowest BCUT2D eigenvalue weighted by Crippen LogP contribution is -2.02. The maximum Gasteiger partial charge on any atom is -0.00177 e. The third-order valence-electron chi connectivity index (χ3n) is 3.97. The summed E-state index contributed by atoms with van der Waals surface area (Å²) in [6.45, 7) is 8.93. The molecule has 0 saturated carbocycles. The van der Waals surface area contributed by atoms with E-state index in [1.54, 1.807) is 5.56 Å². The molecule has 0 aliphatic carbocycles. The van der Waals surface area contributed by atoms with Crippen LogP contribution in [-0.2, 0) is 19.3 Å². The Morgan fingerprint density at radius 1 is 0.789 bits per heavy atom. The lowest BCUT2D eigenvalue weighted by Gasteiger charge is -2.16. The Balaban J connectivity index is 2.47. The van der Waals surface area contributed by atoms with Crippen LogP contribution in [0.15, 0.2) is 36.4 Å². The molecule has 0 atom stereocenters. The number of hydrogen-bond acceptors (Lipinski definition) is 0. The van der Waals surface area contributed by atoms with Gasteiger partial charge in [0, 0.05) is 0 Å². The van der Waals surface area contributed by atoms with Gasteiger partial charge >= 0.3 is 0 Å². The van der Waals surface area contributed by atoms with E-state index in [0.717, 1.165) is 19.3 Å². The predicted molar refractivity (Wildman–Crippen MR) is 83.9 cm³/mol. The predicted octanol–water partition coefficient (Wildman–Crippen LogP) is 5.02. The summed E-state index contributed by atoms with van der Waals surface area (Å²) in [7, 11) is 0. The number of hydrogen-bond donors (Lipinski definition) is 0. The Labute approximate surface area is 117 Å². The fourth-order valence-electron chi connectivity index (χ4n) is 2.83. The molecule has 0 aliphatic heterocycles. The molecule has 0 spiro atoms. The van der Waals surface area contributed by atoms with Gasteiger partial charge in [-0.05, 0) is 60.9 Å². The second kappa shape index (κ2) is 6.06. The molecule has 0 nitrogen and oxygen atoms in total. The molecule has 0 N–H and O–H groups in total. The third-order valence-corrected chi connectivity index (χ3v) is 3.97. The molecule has 0 fully saturated rings. The van der Waals surface area contributed by atoms with E-state index in [0.29, 0.717) is 0 Å². The van der Waals surface area contributed by atoms with Gasteiger partial charge in [0.1, 0.15) is 0 Å². The van der Waals surface area contributed by atoms with Crippen molar-refractivity contribution in [3.8, 4) is 0 Å². The second-order valence-corrected chi connectivity index (χ2v) is 5.37. The van der Waals surface area contributed by atoms with Gasteiger partial charge in [-0.1, -0.05) is 55.8 Å². The van der Waals surface area contributed by atoms with Gasteiger partial charge in [-0.3, -0.25) is 0 Å². The minimum Gasteiger partial charge on any atom is -0.0620 e. The van der Waals surface area contributed by atoms with Crippen LogP contribution >= 0.6 is 0 Å². The summed E-state index contributed by atoms with van der Waals surface area (Å²) >= 11 is 0. The van der Waals surface area contributed by atoms with Crippen molar-refractivity contribution in [1.82, 2.24) is 0 Å². The number of benzene rings is 2. The van der Waals surface area contributed by atoms with Crippen LogP contribution in [0.1, 0.15) is 47.2 Å². The molecule has 0 heteroatoms. The summed E-state index contributed by atoms with van der Waals surface area (Å²) < 4.78 is 0. The number of rotatable bonds is 4. The molecular formula is C19H24. The minimum atomic E-state index is 1.07. The third kappa shape index (κ3) is 3.07. The van der Waals surface area contributed by atoms with Gasteiger partial charge in [0.2, 0.25) is 0 Å². The van der Waals surface area contributed by atoms with Crippen LogP contribution in [0.2, 0.25) is 0 Å². The van der Waals surface area contributed by atoms with Gasteiger partial charge in [0.25, 0.3) is 0 Å². The summed E-state index contributed by atoms with van der Waals surface area (Å²) in [6, 6.07) is 13.4. The van der Waals surface area contributed by atoms with Crippen LogP contribution in [0.3, 0.4) is 0 Å². The zero-order valence-electron chi connectivity index (χ0n) is 12.6. The minimum absolute atomic E-state index is 1.07. The molecule has 0 heterocycles. The van der Waals surface area contributed by atoms with Crippen molar-refractivity contribution in [2.75, 3.05) is 0 Å². The molecule has 0 saturated heterocycles. The van der Waals surface area contributed by atoms with Crippen LogP contribution in [0.25, 0.3) is 0 Å². The monoisotopic (exact) mass is 252 g/mol. The molecule has 0 aromatic heterocycles. The SMILES string of the molecule is CCc1cc(C)cc(CC)c1Cc1ccccc1C. The normalized spacial score (nSPS) is 10.7. The quantitative estimate of drug-likeness (QED) is 0.717. The summed E-state index contributed by atoms with van der Waals surface area (Å²) in [5.74, 6) is 0. The number of aryl methyl sites for hydroxylation is 4. The Morgan fingerprint density at radius 2 is 1.37 bits per heavy atom. The van der Waals surface area contributed by atoms with E-state index < -0.39 is 0 Å². The van der Waals surface area contributed by atoms with Gasteiger partial charge in [0.05, 0.1) is 0 Å². The van der Waals surface area contributed by atoms with E-state index in [9.17, 15) is 0 Å². The highest BCUT2D eigenvalue weighted by atomic mass is 14.1. The summed E-state index contributed by atoms with van der Waals surface area (Å²) in [5, 5.41) is 0. The van der Waals surface area contributed by atoms with Gasteiger partial charge in [0.15, 0.2) is 0 Å². The van der Waals surface area contributed by atoms with Crippen molar-refractivity contribution in [2.24, 2.45) is 0 Å². The molecule has 2 aromatic rings. The maximum atomic E-state index is 2.35. The van der Waals surface area contributed by atoms with Gasteiger partial charge in [-0.2, -0.15) is 0 Å². The largest absolute Gasteiger partial charge is 0.0620 e. The molecule has 2 rings (SSSR count). The van der Waals surface area contributed by atoms with E-state index in [1.165, 1.54) is 27.8 Å². The van der Waals surface area contributed by atoms with E-state index >= 15 is 0 Å².